The summed E-state index contributed by atoms with van der Waals surface area (Å²) in [6.07, 6.45) is 1.56. The Morgan fingerprint density at radius 1 is 1.14 bits per heavy atom. The molecule has 0 radical (unpaired) electrons. The number of aryl methyl sites for hydroxylation is 1. The highest BCUT2D eigenvalue weighted by Gasteiger charge is 1.98. The van der Waals surface area contributed by atoms with Crippen LogP contribution in [-0.4, -0.2) is 9.97 Å². The van der Waals surface area contributed by atoms with Crippen molar-refractivity contribution in [2.45, 2.75) is 20.8 Å². The average Bonchev–Trinajstić information content (AvgIpc) is 2.22. The van der Waals surface area contributed by atoms with E-state index >= 15 is 0 Å². The maximum absolute atomic E-state index is 5.84. The van der Waals surface area contributed by atoms with Gasteiger partial charge >= 0.3 is 0 Å². The first-order chi connectivity index (χ1) is 6.77. The van der Waals surface area contributed by atoms with Crippen LogP contribution < -0.4 is 0 Å². The van der Waals surface area contributed by atoms with Gasteiger partial charge in [0.05, 0.1) is 5.52 Å². The molecule has 0 saturated carbocycles. The number of nitrogens with zero attached hydrogens (tertiary/aromatic N) is 2. The lowest BCUT2D eigenvalue weighted by atomic mass is 10.2. The molecule has 0 fully saturated rings. The van der Waals surface area contributed by atoms with E-state index in [1.165, 1.54) is 0 Å². The molecule has 14 heavy (non-hydrogen) atoms. The van der Waals surface area contributed by atoms with E-state index in [1.54, 1.807) is 6.33 Å². The van der Waals surface area contributed by atoms with Crippen molar-refractivity contribution in [1.82, 2.24) is 9.97 Å². The summed E-state index contributed by atoms with van der Waals surface area (Å²) < 4.78 is 0. The van der Waals surface area contributed by atoms with Gasteiger partial charge in [0.25, 0.3) is 0 Å². The molecular formula is C11H13ClN2. The van der Waals surface area contributed by atoms with Gasteiger partial charge < -0.3 is 0 Å². The molecular weight excluding hydrogens is 196 g/mol. The maximum Gasteiger partial charge on any atom is 0.116 e. The molecule has 0 atom stereocenters. The molecule has 74 valence electrons. The summed E-state index contributed by atoms with van der Waals surface area (Å²) in [6, 6.07) is 5.61. The molecule has 2 nitrogen and oxygen atoms in total. The standard InChI is InChI=1S/C9H7ClN2.C2H6/c1-6-8-4-7(10)2-3-9(8)12-5-11-6;1-2/h2-5H,1H3;1-2H3. The van der Waals surface area contributed by atoms with Crippen molar-refractivity contribution in [2.24, 2.45) is 0 Å². The molecule has 0 spiro atoms. The molecule has 2 rings (SSSR count). The molecule has 0 amide bonds. The lowest BCUT2D eigenvalue weighted by molar-refractivity contribution is 1.15. The minimum absolute atomic E-state index is 0.723. The Balaban J connectivity index is 0.000000461. The fourth-order valence-corrected chi connectivity index (χ4v) is 1.33. The summed E-state index contributed by atoms with van der Waals surface area (Å²) in [4.78, 5) is 8.19. The summed E-state index contributed by atoms with van der Waals surface area (Å²) >= 11 is 5.84. The van der Waals surface area contributed by atoms with Gasteiger partial charge in [0.2, 0.25) is 0 Å². The normalized spacial score (nSPS) is 9.43. The second-order valence-electron chi connectivity index (χ2n) is 2.62. The van der Waals surface area contributed by atoms with Gasteiger partial charge in [0, 0.05) is 16.1 Å². The second kappa shape index (κ2) is 4.91. The van der Waals surface area contributed by atoms with E-state index in [2.05, 4.69) is 9.97 Å². The first-order valence-corrected chi connectivity index (χ1v) is 5.02. The van der Waals surface area contributed by atoms with Crippen LogP contribution in [0.1, 0.15) is 19.5 Å². The molecule has 0 aliphatic rings. The minimum Gasteiger partial charge on any atom is -0.241 e. The van der Waals surface area contributed by atoms with Crippen LogP contribution in [0.25, 0.3) is 10.9 Å². The Hall–Kier alpha value is -1.15. The Morgan fingerprint density at radius 3 is 2.57 bits per heavy atom. The van der Waals surface area contributed by atoms with Crippen LogP contribution in [0.4, 0.5) is 0 Å². The summed E-state index contributed by atoms with van der Waals surface area (Å²) in [5.41, 5.74) is 1.90. The number of hydrogen-bond acceptors (Lipinski definition) is 2. The van der Waals surface area contributed by atoms with E-state index in [9.17, 15) is 0 Å². The van der Waals surface area contributed by atoms with Crippen molar-refractivity contribution >= 4 is 22.5 Å². The SMILES string of the molecule is CC.Cc1ncnc2ccc(Cl)cc12. The summed E-state index contributed by atoms with van der Waals surface area (Å²) in [5, 5.41) is 1.74. The predicted octanol–water partition coefficient (Wildman–Crippen LogP) is 3.62. The lowest BCUT2D eigenvalue weighted by Gasteiger charge is -1.99. The molecule has 0 bridgehead atoms. The van der Waals surface area contributed by atoms with Crippen molar-refractivity contribution in [3.05, 3.63) is 35.2 Å². The number of rotatable bonds is 0. The van der Waals surface area contributed by atoms with E-state index in [1.807, 2.05) is 39.0 Å². The van der Waals surface area contributed by atoms with Crippen LogP contribution in [0.3, 0.4) is 0 Å². The van der Waals surface area contributed by atoms with Crippen LogP contribution >= 0.6 is 11.6 Å². The van der Waals surface area contributed by atoms with Gasteiger partial charge in [0.15, 0.2) is 0 Å². The Bertz CT molecular complexity index is 427. The Morgan fingerprint density at radius 2 is 1.86 bits per heavy atom. The predicted molar refractivity (Wildman–Crippen MR) is 60.6 cm³/mol. The fraction of sp³-hybridized carbons (Fsp3) is 0.273. The van der Waals surface area contributed by atoms with Gasteiger partial charge in [-0.2, -0.15) is 0 Å². The number of fused-ring (bicyclic) bond motifs is 1. The first-order valence-electron chi connectivity index (χ1n) is 4.64. The third kappa shape index (κ3) is 2.20. The molecule has 1 heterocycles. The van der Waals surface area contributed by atoms with Crippen LogP contribution in [0.15, 0.2) is 24.5 Å². The van der Waals surface area contributed by atoms with Gasteiger partial charge in [-0.3, -0.25) is 0 Å². The zero-order chi connectivity index (χ0) is 10.6. The molecule has 1 aromatic heterocycles. The van der Waals surface area contributed by atoms with Crippen LogP contribution in [-0.2, 0) is 0 Å². The van der Waals surface area contributed by atoms with Crippen LogP contribution in [0.2, 0.25) is 5.02 Å². The van der Waals surface area contributed by atoms with Crippen LogP contribution in [0.5, 0.6) is 0 Å². The van der Waals surface area contributed by atoms with Crippen molar-refractivity contribution in [2.75, 3.05) is 0 Å². The van der Waals surface area contributed by atoms with Crippen molar-refractivity contribution in [3.8, 4) is 0 Å². The summed E-state index contributed by atoms with van der Waals surface area (Å²) in [5.74, 6) is 0. The first kappa shape index (κ1) is 10.9. The topological polar surface area (TPSA) is 25.8 Å². The highest BCUT2D eigenvalue weighted by atomic mass is 35.5. The van der Waals surface area contributed by atoms with Gasteiger partial charge in [-0.05, 0) is 25.1 Å². The quantitative estimate of drug-likeness (QED) is 0.661. The molecule has 0 aliphatic heterocycles. The molecule has 0 unspecified atom stereocenters. The van der Waals surface area contributed by atoms with Crippen molar-refractivity contribution in [1.29, 1.82) is 0 Å². The van der Waals surface area contributed by atoms with Crippen molar-refractivity contribution < 1.29 is 0 Å². The molecule has 0 saturated heterocycles. The fourth-order valence-electron chi connectivity index (χ4n) is 1.16. The van der Waals surface area contributed by atoms with Crippen LogP contribution in [0, 0.1) is 6.92 Å². The van der Waals surface area contributed by atoms with Gasteiger partial charge in [0.1, 0.15) is 6.33 Å². The van der Waals surface area contributed by atoms with Gasteiger partial charge in [-0.1, -0.05) is 25.4 Å². The highest BCUT2D eigenvalue weighted by Crippen LogP contribution is 2.18. The molecule has 2 aromatic rings. The number of hydrogen-bond donors (Lipinski definition) is 0. The molecule has 1 aromatic carbocycles. The summed E-state index contributed by atoms with van der Waals surface area (Å²) in [6.45, 7) is 5.94. The monoisotopic (exact) mass is 208 g/mol. The average molecular weight is 209 g/mol. The highest BCUT2D eigenvalue weighted by molar-refractivity contribution is 6.31. The smallest absolute Gasteiger partial charge is 0.116 e. The number of aromatic nitrogens is 2. The van der Waals surface area contributed by atoms with E-state index in [4.69, 9.17) is 11.6 Å². The number of halogens is 1. The second-order valence-corrected chi connectivity index (χ2v) is 3.06. The van der Waals surface area contributed by atoms with Crippen molar-refractivity contribution in [3.63, 3.8) is 0 Å². The van der Waals surface area contributed by atoms with E-state index in [0.29, 0.717) is 0 Å². The zero-order valence-corrected chi connectivity index (χ0v) is 9.34. The maximum atomic E-state index is 5.84. The van der Waals surface area contributed by atoms with E-state index in [0.717, 1.165) is 21.6 Å². The van der Waals surface area contributed by atoms with Gasteiger partial charge in [-0.15, -0.1) is 0 Å². The largest absolute Gasteiger partial charge is 0.241 e. The van der Waals surface area contributed by atoms with E-state index < -0.39 is 0 Å². The Labute approximate surface area is 89.0 Å². The van der Waals surface area contributed by atoms with Gasteiger partial charge in [-0.25, -0.2) is 9.97 Å². The third-order valence-electron chi connectivity index (χ3n) is 1.80. The number of benzene rings is 1. The lowest BCUT2D eigenvalue weighted by Crippen LogP contribution is -1.86. The third-order valence-corrected chi connectivity index (χ3v) is 2.03. The zero-order valence-electron chi connectivity index (χ0n) is 8.58. The molecule has 0 aliphatic carbocycles. The minimum atomic E-state index is 0.723. The molecule has 3 heteroatoms. The summed E-state index contributed by atoms with van der Waals surface area (Å²) in [7, 11) is 0. The van der Waals surface area contributed by atoms with E-state index in [-0.39, 0.29) is 0 Å². The Kier molecular flexibility index (Phi) is 3.84. The molecule has 0 N–H and O–H groups in total.